The average molecular weight is 286 g/mol. The van der Waals surface area contributed by atoms with E-state index in [1.54, 1.807) is 0 Å². The van der Waals surface area contributed by atoms with E-state index in [2.05, 4.69) is 15.9 Å². The highest BCUT2D eigenvalue weighted by Gasteiger charge is 2.60. The Morgan fingerprint density at radius 2 is 1.75 bits per heavy atom. The van der Waals surface area contributed by atoms with E-state index in [9.17, 15) is 9.59 Å². The van der Waals surface area contributed by atoms with Crippen LogP contribution in [0.1, 0.15) is 6.42 Å². The van der Waals surface area contributed by atoms with Gasteiger partial charge in [0.2, 0.25) is 11.8 Å². The summed E-state index contributed by atoms with van der Waals surface area (Å²) >= 11 is 3.31. The lowest BCUT2D eigenvalue weighted by molar-refractivity contribution is -0.142. The van der Waals surface area contributed by atoms with Gasteiger partial charge in [-0.25, -0.2) is 0 Å². The van der Waals surface area contributed by atoms with Crippen LogP contribution in [0.25, 0.3) is 0 Å². The summed E-state index contributed by atoms with van der Waals surface area (Å²) in [4.78, 5) is 25.5. The number of fused-ring (bicyclic) bond motifs is 5. The van der Waals surface area contributed by atoms with Gasteiger partial charge in [0.25, 0.3) is 0 Å². The molecule has 4 unspecified atom stereocenters. The van der Waals surface area contributed by atoms with Gasteiger partial charge in [-0.3, -0.25) is 14.5 Å². The number of carbonyl (C=O) groups is 2. The number of hydrogen-bond acceptors (Lipinski definition) is 3. The van der Waals surface area contributed by atoms with Crippen molar-refractivity contribution < 1.29 is 14.3 Å². The summed E-state index contributed by atoms with van der Waals surface area (Å²) in [6.45, 7) is 0.523. The van der Waals surface area contributed by atoms with Gasteiger partial charge in [-0.2, -0.15) is 0 Å². The molecule has 2 fully saturated rings. The zero-order valence-corrected chi connectivity index (χ0v) is 10.2. The zero-order valence-electron chi connectivity index (χ0n) is 8.64. The quantitative estimate of drug-likeness (QED) is 0.436. The van der Waals surface area contributed by atoms with E-state index in [0.717, 1.165) is 11.8 Å². The molecule has 3 heterocycles. The Balaban J connectivity index is 1.83. The number of nitrogens with zero attached hydrogens (tertiary/aromatic N) is 1. The molecule has 4 nitrogen and oxygen atoms in total. The Morgan fingerprint density at radius 3 is 2.25 bits per heavy atom. The van der Waals surface area contributed by atoms with Crippen LogP contribution in [0.15, 0.2) is 12.2 Å². The fraction of sp³-hybridized carbons (Fsp3) is 0.636. The lowest BCUT2D eigenvalue weighted by Crippen LogP contribution is -2.35. The first-order chi connectivity index (χ1) is 7.74. The van der Waals surface area contributed by atoms with E-state index < -0.39 is 0 Å². The maximum absolute atomic E-state index is 12.1. The molecule has 0 aromatic heterocycles. The molecule has 2 amide bonds. The Hall–Kier alpha value is -0.680. The van der Waals surface area contributed by atoms with E-state index in [1.165, 1.54) is 4.90 Å². The molecule has 2 saturated heterocycles. The summed E-state index contributed by atoms with van der Waals surface area (Å²) in [6, 6.07) is 0. The summed E-state index contributed by atoms with van der Waals surface area (Å²) in [6.07, 6.45) is 4.29. The van der Waals surface area contributed by atoms with Crippen LogP contribution in [0.3, 0.4) is 0 Å². The monoisotopic (exact) mass is 285 g/mol. The molecule has 4 atom stereocenters. The van der Waals surface area contributed by atoms with Gasteiger partial charge in [-0.05, 0) is 6.42 Å². The van der Waals surface area contributed by atoms with Gasteiger partial charge in [0.1, 0.15) is 0 Å². The van der Waals surface area contributed by atoms with E-state index in [1.807, 2.05) is 12.2 Å². The summed E-state index contributed by atoms with van der Waals surface area (Å²) in [5.74, 6) is -0.601. The van der Waals surface area contributed by atoms with E-state index in [0.29, 0.717) is 6.54 Å². The molecular weight excluding hydrogens is 274 g/mol. The molecule has 3 rings (SSSR count). The van der Waals surface area contributed by atoms with Crippen molar-refractivity contribution in [1.82, 2.24) is 4.90 Å². The van der Waals surface area contributed by atoms with Crippen LogP contribution < -0.4 is 0 Å². The highest BCUT2D eigenvalue weighted by atomic mass is 79.9. The molecule has 3 aliphatic rings. The van der Waals surface area contributed by atoms with Gasteiger partial charge >= 0.3 is 0 Å². The second-order valence-corrected chi connectivity index (χ2v) is 5.17. The standard InChI is InChI=1S/C11H12BrNO3/c12-4-1-5-13-10(14)8-6-2-3-7(16-6)9(8)11(13)15/h2-3,6-9H,1,4-5H2. The maximum Gasteiger partial charge on any atom is 0.236 e. The van der Waals surface area contributed by atoms with Crippen molar-refractivity contribution in [2.75, 3.05) is 11.9 Å². The maximum atomic E-state index is 12.1. The number of halogens is 1. The van der Waals surface area contributed by atoms with Gasteiger partial charge < -0.3 is 4.74 Å². The molecule has 3 aliphatic heterocycles. The number of hydrogen-bond donors (Lipinski definition) is 0. The predicted molar refractivity (Wildman–Crippen MR) is 59.9 cm³/mol. The third kappa shape index (κ3) is 1.24. The van der Waals surface area contributed by atoms with Crippen molar-refractivity contribution in [3.63, 3.8) is 0 Å². The van der Waals surface area contributed by atoms with Gasteiger partial charge in [0.05, 0.1) is 24.0 Å². The SMILES string of the molecule is O=C1C2C3C=CC(O3)C2C(=O)N1CCCBr. The first kappa shape index (κ1) is 10.5. The smallest absolute Gasteiger partial charge is 0.236 e. The molecule has 0 saturated carbocycles. The van der Waals surface area contributed by atoms with Crippen LogP contribution in [-0.2, 0) is 14.3 Å². The average Bonchev–Trinajstić information content (AvgIpc) is 2.92. The van der Waals surface area contributed by atoms with Crippen molar-refractivity contribution >= 4 is 27.7 Å². The number of likely N-dealkylation sites (tertiary alicyclic amines) is 1. The summed E-state index contributed by atoms with van der Waals surface area (Å²) < 4.78 is 5.54. The first-order valence-electron chi connectivity index (χ1n) is 5.49. The van der Waals surface area contributed by atoms with E-state index >= 15 is 0 Å². The molecule has 16 heavy (non-hydrogen) atoms. The van der Waals surface area contributed by atoms with Crippen LogP contribution in [0.4, 0.5) is 0 Å². The number of ether oxygens (including phenoxy) is 1. The van der Waals surface area contributed by atoms with Gasteiger partial charge in [-0.15, -0.1) is 0 Å². The minimum atomic E-state index is -0.252. The Bertz CT molecular complexity index is 351. The Labute approximate surface area is 102 Å². The van der Waals surface area contributed by atoms with Crippen molar-refractivity contribution in [2.24, 2.45) is 11.8 Å². The predicted octanol–water partition coefficient (Wildman–Crippen LogP) is 0.710. The minimum Gasteiger partial charge on any atom is -0.365 e. The molecule has 0 aliphatic carbocycles. The topological polar surface area (TPSA) is 46.6 Å². The molecule has 0 aromatic rings. The molecule has 86 valence electrons. The van der Waals surface area contributed by atoms with E-state index in [-0.39, 0.29) is 35.9 Å². The second kappa shape index (κ2) is 3.67. The Kier molecular flexibility index (Phi) is 2.40. The lowest BCUT2D eigenvalue weighted by Gasteiger charge is -2.16. The normalized spacial score (nSPS) is 39.9. The highest BCUT2D eigenvalue weighted by Crippen LogP contribution is 2.44. The number of amides is 2. The van der Waals surface area contributed by atoms with Crippen molar-refractivity contribution in [1.29, 1.82) is 0 Å². The van der Waals surface area contributed by atoms with E-state index in [4.69, 9.17) is 4.74 Å². The fourth-order valence-electron chi connectivity index (χ4n) is 2.80. The van der Waals surface area contributed by atoms with Crippen molar-refractivity contribution in [2.45, 2.75) is 18.6 Å². The first-order valence-corrected chi connectivity index (χ1v) is 6.61. The fourth-order valence-corrected chi connectivity index (χ4v) is 3.05. The van der Waals surface area contributed by atoms with Crippen LogP contribution in [0.2, 0.25) is 0 Å². The molecule has 0 radical (unpaired) electrons. The summed E-state index contributed by atoms with van der Waals surface area (Å²) in [5, 5.41) is 0.807. The van der Waals surface area contributed by atoms with Gasteiger partial charge in [-0.1, -0.05) is 28.1 Å². The zero-order chi connectivity index (χ0) is 11.3. The minimum absolute atomic E-state index is 0.0483. The van der Waals surface area contributed by atoms with Gasteiger partial charge in [0.15, 0.2) is 0 Å². The van der Waals surface area contributed by atoms with Crippen LogP contribution in [-0.4, -0.2) is 40.8 Å². The molecule has 0 N–H and O–H groups in total. The number of carbonyl (C=O) groups excluding carboxylic acids is 2. The van der Waals surface area contributed by atoms with Crippen LogP contribution in [0.5, 0.6) is 0 Å². The lowest BCUT2D eigenvalue weighted by atomic mass is 9.85. The largest absolute Gasteiger partial charge is 0.365 e. The van der Waals surface area contributed by atoms with Crippen LogP contribution in [0, 0.1) is 11.8 Å². The number of rotatable bonds is 3. The van der Waals surface area contributed by atoms with Gasteiger partial charge in [0, 0.05) is 11.9 Å². The third-order valence-corrected chi connectivity index (χ3v) is 4.08. The molecule has 0 aromatic carbocycles. The number of imide groups is 1. The molecule has 0 spiro atoms. The summed E-state index contributed by atoms with van der Waals surface area (Å²) in [7, 11) is 0. The second-order valence-electron chi connectivity index (χ2n) is 4.37. The van der Waals surface area contributed by atoms with Crippen molar-refractivity contribution in [3.05, 3.63) is 12.2 Å². The third-order valence-electron chi connectivity index (χ3n) is 3.52. The highest BCUT2D eigenvalue weighted by molar-refractivity contribution is 9.09. The number of alkyl halides is 1. The summed E-state index contributed by atoms with van der Waals surface area (Å²) in [5.41, 5.74) is 0. The molecular formula is C11H12BrNO3. The van der Waals surface area contributed by atoms with Crippen LogP contribution >= 0.6 is 15.9 Å². The Morgan fingerprint density at radius 1 is 1.19 bits per heavy atom. The molecule has 5 heteroatoms. The molecule has 2 bridgehead atoms. The van der Waals surface area contributed by atoms with Crippen molar-refractivity contribution in [3.8, 4) is 0 Å².